The molecule has 0 saturated heterocycles. The van der Waals surface area contributed by atoms with Crippen molar-refractivity contribution in [3.63, 3.8) is 0 Å². The van der Waals surface area contributed by atoms with Crippen LogP contribution in [-0.4, -0.2) is 12.1 Å². The van der Waals surface area contributed by atoms with Gasteiger partial charge in [-0.2, -0.15) is 0 Å². The van der Waals surface area contributed by atoms with Crippen molar-refractivity contribution in [3.05, 3.63) is 19.6 Å². The summed E-state index contributed by atoms with van der Waals surface area (Å²) in [6, 6.07) is 0. The maximum Gasteiger partial charge on any atom is 0.330 e. The van der Waals surface area contributed by atoms with Crippen molar-refractivity contribution in [1.82, 2.24) is 0 Å². The van der Waals surface area contributed by atoms with Crippen LogP contribution in [0.1, 0.15) is 13.3 Å². The van der Waals surface area contributed by atoms with E-state index in [4.69, 9.17) is 0 Å². The molecule has 1 radical (unpaired) electrons. The summed E-state index contributed by atoms with van der Waals surface area (Å²) >= 11 is 0. The Labute approximate surface area is 55.5 Å². The number of rotatable bonds is 3. The molecule has 0 bridgehead atoms. The topological polar surface area (TPSA) is 26.3 Å². The predicted molar refractivity (Wildman–Crippen MR) is 35.7 cm³/mol. The average molecular weight is 127 g/mol. The molecule has 0 aliphatic rings. The van der Waals surface area contributed by atoms with E-state index in [1.165, 1.54) is 0 Å². The van der Waals surface area contributed by atoms with Gasteiger partial charge in [0, 0.05) is 6.08 Å². The average Bonchev–Trinajstić information content (AvgIpc) is 1.87. The standard InChI is InChI=1S/C7H11O2/c1-4-6(3)9-7(8)5-2/h5-6H,2-4H2,1H3. The van der Waals surface area contributed by atoms with Gasteiger partial charge in [-0.1, -0.05) is 13.5 Å². The maximum absolute atomic E-state index is 10.4. The van der Waals surface area contributed by atoms with Crippen LogP contribution in [0, 0.1) is 6.92 Å². The van der Waals surface area contributed by atoms with Crippen LogP contribution in [0.4, 0.5) is 0 Å². The van der Waals surface area contributed by atoms with Gasteiger partial charge in [-0.15, -0.1) is 0 Å². The van der Waals surface area contributed by atoms with Crippen LogP contribution in [0.15, 0.2) is 12.7 Å². The van der Waals surface area contributed by atoms with E-state index < -0.39 is 5.97 Å². The third kappa shape index (κ3) is 3.76. The molecule has 0 aromatic carbocycles. The van der Waals surface area contributed by atoms with Crippen molar-refractivity contribution in [2.75, 3.05) is 0 Å². The molecule has 0 heterocycles. The molecule has 0 rings (SSSR count). The van der Waals surface area contributed by atoms with E-state index in [1.807, 2.05) is 6.92 Å². The van der Waals surface area contributed by atoms with Gasteiger partial charge >= 0.3 is 5.97 Å². The Kier molecular flexibility index (Phi) is 3.76. The van der Waals surface area contributed by atoms with Crippen molar-refractivity contribution in [2.24, 2.45) is 0 Å². The fraction of sp³-hybridized carbons (Fsp3) is 0.429. The Hall–Kier alpha value is -0.790. The highest BCUT2D eigenvalue weighted by Gasteiger charge is 2.01. The first-order chi connectivity index (χ1) is 4.20. The summed E-state index contributed by atoms with van der Waals surface area (Å²) in [4.78, 5) is 10.4. The molecule has 2 heteroatoms. The van der Waals surface area contributed by atoms with Gasteiger partial charge in [0.25, 0.3) is 0 Å². The maximum atomic E-state index is 10.4. The highest BCUT2D eigenvalue weighted by Crippen LogP contribution is 1.94. The summed E-state index contributed by atoms with van der Waals surface area (Å²) < 4.78 is 4.68. The number of esters is 1. The van der Waals surface area contributed by atoms with E-state index in [1.54, 1.807) is 0 Å². The minimum absolute atomic E-state index is 0.240. The summed E-state index contributed by atoms with van der Waals surface area (Å²) in [7, 11) is 0. The molecule has 0 spiro atoms. The monoisotopic (exact) mass is 127 g/mol. The van der Waals surface area contributed by atoms with Gasteiger partial charge in [-0.05, 0) is 13.3 Å². The Bertz CT molecular complexity index is 107. The Balaban J connectivity index is 3.46. The fourth-order valence-corrected chi connectivity index (χ4v) is 0.296. The summed E-state index contributed by atoms with van der Waals surface area (Å²) in [5.74, 6) is -0.406. The minimum Gasteiger partial charge on any atom is -0.459 e. The molecule has 0 aromatic rings. The molecular weight excluding hydrogens is 116 g/mol. The van der Waals surface area contributed by atoms with Crippen molar-refractivity contribution in [2.45, 2.75) is 19.4 Å². The minimum atomic E-state index is -0.406. The van der Waals surface area contributed by atoms with Gasteiger partial charge in [0.05, 0.1) is 0 Å². The Morgan fingerprint density at radius 1 is 1.89 bits per heavy atom. The third-order valence-electron chi connectivity index (χ3n) is 0.905. The molecule has 0 N–H and O–H groups in total. The van der Waals surface area contributed by atoms with Crippen LogP contribution >= 0.6 is 0 Å². The molecule has 0 saturated carbocycles. The Morgan fingerprint density at radius 2 is 2.44 bits per heavy atom. The second-order valence-electron chi connectivity index (χ2n) is 1.67. The van der Waals surface area contributed by atoms with E-state index in [2.05, 4.69) is 18.2 Å². The van der Waals surface area contributed by atoms with Crippen molar-refractivity contribution < 1.29 is 9.53 Å². The van der Waals surface area contributed by atoms with E-state index in [0.29, 0.717) is 0 Å². The molecule has 9 heavy (non-hydrogen) atoms. The van der Waals surface area contributed by atoms with Gasteiger partial charge in [-0.3, -0.25) is 0 Å². The van der Waals surface area contributed by atoms with Gasteiger partial charge in [0.1, 0.15) is 6.10 Å². The number of carbonyl (C=O) groups excluding carboxylic acids is 1. The molecule has 0 fully saturated rings. The number of hydrogen-bond acceptors (Lipinski definition) is 2. The molecule has 1 atom stereocenters. The first-order valence-electron chi connectivity index (χ1n) is 2.86. The molecule has 2 nitrogen and oxygen atoms in total. The summed E-state index contributed by atoms with van der Waals surface area (Å²) in [5, 5.41) is 0. The lowest BCUT2D eigenvalue weighted by atomic mass is 10.3. The molecule has 0 amide bonds. The van der Waals surface area contributed by atoms with Gasteiger partial charge in [0.2, 0.25) is 0 Å². The van der Waals surface area contributed by atoms with E-state index in [0.717, 1.165) is 12.5 Å². The van der Waals surface area contributed by atoms with Crippen LogP contribution in [0.25, 0.3) is 0 Å². The van der Waals surface area contributed by atoms with E-state index in [9.17, 15) is 4.79 Å². The lowest BCUT2D eigenvalue weighted by Crippen LogP contribution is -2.11. The van der Waals surface area contributed by atoms with Crippen LogP contribution in [-0.2, 0) is 9.53 Å². The highest BCUT2D eigenvalue weighted by atomic mass is 16.5. The zero-order valence-corrected chi connectivity index (χ0v) is 5.59. The third-order valence-corrected chi connectivity index (χ3v) is 0.905. The van der Waals surface area contributed by atoms with Gasteiger partial charge in [-0.25, -0.2) is 4.79 Å². The Morgan fingerprint density at radius 3 is 2.78 bits per heavy atom. The lowest BCUT2D eigenvalue weighted by Gasteiger charge is -2.06. The number of carbonyl (C=O) groups is 1. The zero-order valence-electron chi connectivity index (χ0n) is 5.59. The van der Waals surface area contributed by atoms with Crippen LogP contribution in [0.5, 0.6) is 0 Å². The first kappa shape index (κ1) is 8.21. The molecule has 0 aliphatic carbocycles. The number of ether oxygens (including phenoxy) is 1. The zero-order chi connectivity index (χ0) is 7.28. The molecule has 0 aliphatic heterocycles. The fourth-order valence-electron chi connectivity index (χ4n) is 0.296. The van der Waals surface area contributed by atoms with E-state index >= 15 is 0 Å². The van der Waals surface area contributed by atoms with Crippen LogP contribution in [0.3, 0.4) is 0 Å². The predicted octanol–water partition coefficient (Wildman–Crippen LogP) is 1.33. The molecule has 51 valence electrons. The quantitative estimate of drug-likeness (QED) is 0.422. The molecule has 0 aromatic heterocycles. The van der Waals surface area contributed by atoms with Crippen molar-refractivity contribution >= 4 is 5.97 Å². The summed E-state index contributed by atoms with van der Waals surface area (Å²) in [6.45, 7) is 8.70. The van der Waals surface area contributed by atoms with E-state index in [-0.39, 0.29) is 6.10 Å². The second kappa shape index (κ2) is 4.13. The lowest BCUT2D eigenvalue weighted by molar-refractivity contribution is -0.141. The highest BCUT2D eigenvalue weighted by molar-refractivity contribution is 5.81. The SMILES string of the molecule is [CH2]C(CC)OC(=O)C=C. The largest absolute Gasteiger partial charge is 0.459 e. The molecular formula is C7H11O2. The van der Waals surface area contributed by atoms with Crippen LogP contribution in [0.2, 0.25) is 0 Å². The first-order valence-corrected chi connectivity index (χ1v) is 2.86. The smallest absolute Gasteiger partial charge is 0.330 e. The second-order valence-corrected chi connectivity index (χ2v) is 1.67. The van der Waals surface area contributed by atoms with Gasteiger partial charge < -0.3 is 4.74 Å². The molecule has 1 unspecified atom stereocenters. The van der Waals surface area contributed by atoms with Crippen molar-refractivity contribution in [1.29, 1.82) is 0 Å². The number of hydrogen-bond donors (Lipinski definition) is 0. The van der Waals surface area contributed by atoms with Crippen molar-refractivity contribution in [3.8, 4) is 0 Å². The van der Waals surface area contributed by atoms with Gasteiger partial charge in [0.15, 0.2) is 0 Å². The summed E-state index contributed by atoms with van der Waals surface area (Å²) in [6.07, 6.45) is 1.63. The van der Waals surface area contributed by atoms with Crippen LogP contribution < -0.4 is 0 Å². The summed E-state index contributed by atoms with van der Waals surface area (Å²) in [5.41, 5.74) is 0. The normalized spacial score (nSPS) is 12.2.